The van der Waals surface area contributed by atoms with Crippen LogP contribution in [0.4, 0.5) is 14.5 Å². The summed E-state index contributed by atoms with van der Waals surface area (Å²) in [4.78, 5) is 16.7. The molecule has 1 atom stereocenters. The number of benzene rings is 2. The fourth-order valence-electron chi connectivity index (χ4n) is 3.48. The van der Waals surface area contributed by atoms with Gasteiger partial charge in [-0.2, -0.15) is 0 Å². The Labute approximate surface area is 187 Å². The van der Waals surface area contributed by atoms with Crippen molar-refractivity contribution in [2.45, 2.75) is 20.0 Å². The van der Waals surface area contributed by atoms with Gasteiger partial charge in [0.15, 0.2) is 5.11 Å². The second kappa shape index (κ2) is 10.6. The second-order valence-corrected chi connectivity index (χ2v) is 8.38. The van der Waals surface area contributed by atoms with E-state index in [2.05, 4.69) is 5.32 Å². The predicted octanol–water partition coefficient (Wildman–Crippen LogP) is 4.16. The summed E-state index contributed by atoms with van der Waals surface area (Å²) in [6.07, 6.45) is -0.238. The van der Waals surface area contributed by atoms with Crippen LogP contribution in [0.2, 0.25) is 0 Å². The molecule has 3 rings (SSSR count). The van der Waals surface area contributed by atoms with E-state index >= 15 is 0 Å². The maximum absolute atomic E-state index is 13.6. The van der Waals surface area contributed by atoms with E-state index in [1.54, 1.807) is 23.1 Å². The zero-order chi connectivity index (χ0) is 22.4. The van der Waals surface area contributed by atoms with Gasteiger partial charge in [0.25, 0.3) is 5.91 Å². The fourth-order valence-corrected chi connectivity index (χ4v) is 3.76. The maximum atomic E-state index is 13.6. The third-order valence-corrected chi connectivity index (χ3v) is 5.25. The number of ether oxygens (including phenoxy) is 1. The Bertz CT molecular complexity index is 908. The molecule has 8 heteroatoms. The van der Waals surface area contributed by atoms with E-state index < -0.39 is 5.82 Å². The summed E-state index contributed by atoms with van der Waals surface area (Å²) >= 11 is 5.51. The molecule has 1 fully saturated rings. The van der Waals surface area contributed by atoms with Crippen molar-refractivity contribution in [3.05, 3.63) is 65.7 Å². The Hall–Kier alpha value is -2.58. The van der Waals surface area contributed by atoms with Crippen molar-refractivity contribution >= 4 is 28.9 Å². The van der Waals surface area contributed by atoms with Gasteiger partial charge in [-0.1, -0.05) is 19.9 Å². The number of rotatable bonds is 6. The van der Waals surface area contributed by atoms with Gasteiger partial charge in [0.2, 0.25) is 0 Å². The number of halogens is 2. The van der Waals surface area contributed by atoms with Crippen LogP contribution >= 0.6 is 12.2 Å². The molecule has 2 aromatic carbocycles. The summed E-state index contributed by atoms with van der Waals surface area (Å²) in [5, 5.41) is 3.63. The molecule has 1 saturated heterocycles. The Kier molecular flexibility index (Phi) is 7.92. The van der Waals surface area contributed by atoms with Crippen LogP contribution in [0.15, 0.2) is 48.5 Å². The van der Waals surface area contributed by atoms with E-state index in [-0.39, 0.29) is 23.7 Å². The van der Waals surface area contributed by atoms with Crippen molar-refractivity contribution in [2.24, 2.45) is 5.92 Å². The lowest BCUT2D eigenvalue weighted by molar-refractivity contribution is -0.0215. The first-order valence-corrected chi connectivity index (χ1v) is 10.7. The molecule has 0 unspecified atom stereocenters. The molecule has 0 saturated carbocycles. The van der Waals surface area contributed by atoms with Crippen LogP contribution in [0.3, 0.4) is 0 Å². The van der Waals surface area contributed by atoms with Crippen LogP contribution < -0.4 is 5.32 Å². The van der Waals surface area contributed by atoms with E-state index in [1.807, 2.05) is 18.7 Å². The van der Waals surface area contributed by atoms with Crippen LogP contribution in [0.1, 0.15) is 24.2 Å². The van der Waals surface area contributed by atoms with Crippen molar-refractivity contribution in [2.75, 3.05) is 38.1 Å². The number of amides is 1. The molecule has 1 heterocycles. The van der Waals surface area contributed by atoms with E-state index in [0.717, 1.165) is 0 Å². The Morgan fingerprint density at radius 3 is 2.65 bits per heavy atom. The number of hydrogen-bond donors (Lipinski definition) is 1. The summed E-state index contributed by atoms with van der Waals surface area (Å²) < 4.78 is 32.6. The van der Waals surface area contributed by atoms with Gasteiger partial charge in [0.05, 0.1) is 12.7 Å². The highest BCUT2D eigenvalue weighted by molar-refractivity contribution is 7.80. The summed E-state index contributed by atoms with van der Waals surface area (Å²) in [5.74, 6) is -0.719. The molecular formula is C23H27F2N3O2S. The van der Waals surface area contributed by atoms with Gasteiger partial charge < -0.3 is 19.9 Å². The number of thiocarbonyl (C=S) groups is 1. The molecule has 0 aliphatic carbocycles. The van der Waals surface area contributed by atoms with Gasteiger partial charge in [-0.3, -0.25) is 4.79 Å². The molecule has 0 bridgehead atoms. The first-order valence-electron chi connectivity index (χ1n) is 10.3. The zero-order valence-electron chi connectivity index (χ0n) is 17.7. The molecule has 2 aromatic rings. The van der Waals surface area contributed by atoms with Crippen molar-refractivity contribution in [3.63, 3.8) is 0 Å². The molecule has 1 aliphatic rings. The Morgan fingerprint density at radius 2 is 1.97 bits per heavy atom. The second-order valence-electron chi connectivity index (χ2n) is 7.99. The van der Waals surface area contributed by atoms with Crippen LogP contribution in [-0.4, -0.2) is 59.7 Å². The molecule has 31 heavy (non-hydrogen) atoms. The molecule has 0 radical (unpaired) electrons. The Morgan fingerprint density at radius 1 is 1.23 bits per heavy atom. The first kappa shape index (κ1) is 23.1. The summed E-state index contributed by atoms with van der Waals surface area (Å²) in [6, 6.07) is 11.7. The third-order valence-electron chi connectivity index (χ3n) is 4.89. The van der Waals surface area contributed by atoms with Gasteiger partial charge in [-0.25, -0.2) is 8.78 Å². The SMILES string of the molecule is CC(C)CN(C[C@H]1CN(C(=S)Nc2ccc(F)cc2)CCO1)C(=O)c1cccc(F)c1. The van der Waals surface area contributed by atoms with E-state index in [4.69, 9.17) is 17.0 Å². The fraction of sp³-hybridized carbons (Fsp3) is 0.391. The quantitative estimate of drug-likeness (QED) is 0.674. The average Bonchev–Trinajstić information content (AvgIpc) is 2.74. The predicted molar refractivity (Wildman–Crippen MR) is 121 cm³/mol. The molecule has 1 N–H and O–H groups in total. The lowest BCUT2D eigenvalue weighted by Crippen LogP contribution is -2.52. The minimum atomic E-state index is -0.437. The topological polar surface area (TPSA) is 44.8 Å². The number of anilines is 1. The number of carbonyl (C=O) groups excluding carboxylic acids is 1. The van der Waals surface area contributed by atoms with Crippen LogP contribution in [0, 0.1) is 17.6 Å². The highest BCUT2D eigenvalue weighted by Gasteiger charge is 2.27. The monoisotopic (exact) mass is 447 g/mol. The van der Waals surface area contributed by atoms with Gasteiger partial charge in [0.1, 0.15) is 11.6 Å². The molecule has 5 nitrogen and oxygen atoms in total. The van der Waals surface area contributed by atoms with E-state index in [1.165, 1.54) is 30.3 Å². The summed E-state index contributed by atoms with van der Waals surface area (Å²) in [6.45, 7) is 6.57. The molecule has 0 aromatic heterocycles. The third kappa shape index (κ3) is 6.70. The summed E-state index contributed by atoms with van der Waals surface area (Å²) in [5.41, 5.74) is 1.03. The zero-order valence-corrected chi connectivity index (χ0v) is 18.5. The van der Waals surface area contributed by atoms with Crippen molar-refractivity contribution in [1.82, 2.24) is 9.80 Å². The number of hydrogen-bond acceptors (Lipinski definition) is 3. The molecular weight excluding hydrogens is 420 g/mol. The van der Waals surface area contributed by atoms with Crippen LogP contribution in [0.25, 0.3) is 0 Å². The molecule has 0 spiro atoms. The van der Waals surface area contributed by atoms with E-state index in [9.17, 15) is 13.6 Å². The number of morpholine rings is 1. The lowest BCUT2D eigenvalue weighted by atomic mass is 10.1. The van der Waals surface area contributed by atoms with Crippen molar-refractivity contribution in [3.8, 4) is 0 Å². The van der Waals surface area contributed by atoms with Gasteiger partial charge in [0, 0.05) is 37.4 Å². The average molecular weight is 448 g/mol. The largest absolute Gasteiger partial charge is 0.373 e. The van der Waals surface area contributed by atoms with E-state index in [0.29, 0.717) is 49.1 Å². The number of nitrogens with one attached hydrogen (secondary N) is 1. The molecule has 1 amide bonds. The first-order chi connectivity index (χ1) is 14.8. The minimum absolute atomic E-state index is 0.221. The van der Waals surface area contributed by atoms with Gasteiger partial charge in [-0.05, 0) is 60.6 Å². The maximum Gasteiger partial charge on any atom is 0.254 e. The van der Waals surface area contributed by atoms with Crippen molar-refractivity contribution in [1.29, 1.82) is 0 Å². The summed E-state index contributed by atoms with van der Waals surface area (Å²) in [7, 11) is 0. The standard InChI is InChI=1S/C23H27F2N3O2S/c1-16(2)13-28(22(29)17-4-3-5-19(25)12-17)15-21-14-27(10-11-30-21)23(31)26-20-8-6-18(24)7-9-20/h3-9,12,16,21H,10-11,13-15H2,1-2H3,(H,26,31)/t21-/m1/s1. The minimum Gasteiger partial charge on any atom is -0.373 e. The highest BCUT2D eigenvalue weighted by Crippen LogP contribution is 2.15. The number of nitrogens with zero attached hydrogens (tertiary/aromatic N) is 2. The van der Waals surface area contributed by atoms with Crippen LogP contribution in [0.5, 0.6) is 0 Å². The smallest absolute Gasteiger partial charge is 0.254 e. The molecule has 1 aliphatic heterocycles. The van der Waals surface area contributed by atoms with Gasteiger partial charge in [-0.15, -0.1) is 0 Å². The highest BCUT2D eigenvalue weighted by atomic mass is 32.1. The Balaban J connectivity index is 1.64. The number of carbonyl (C=O) groups is 1. The van der Waals surface area contributed by atoms with Crippen molar-refractivity contribution < 1.29 is 18.3 Å². The lowest BCUT2D eigenvalue weighted by Gasteiger charge is -2.37. The normalized spacial score (nSPS) is 16.3. The van der Waals surface area contributed by atoms with Crippen LogP contribution in [-0.2, 0) is 4.74 Å². The molecule has 166 valence electrons. The van der Waals surface area contributed by atoms with Gasteiger partial charge >= 0.3 is 0 Å².